The van der Waals surface area contributed by atoms with E-state index >= 15 is 0 Å². The molecule has 4 nitrogen and oxygen atoms in total. The summed E-state index contributed by atoms with van der Waals surface area (Å²) >= 11 is 0. The third-order valence-corrected chi connectivity index (χ3v) is 4.80. The molecule has 144 valence electrons. The van der Waals surface area contributed by atoms with Crippen molar-refractivity contribution in [3.63, 3.8) is 0 Å². The van der Waals surface area contributed by atoms with Gasteiger partial charge in [-0.15, -0.1) is 0 Å². The van der Waals surface area contributed by atoms with E-state index in [0.717, 1.165) is 34.1 Å². The van der Waals surface area contributed by atoms with Crippen molar-refractivity contribution in [3.8, 4) is 5.69 Å². The van der Waals surface area contributed by atoms with Crippen LogP contribution in [-0.4, -0.2) is 16.0 Å². The predicted molar refractivity (Wildman–Crippen MR) is 121 cm³/mol. The molecule has 0 amide bonds. The van der Waals surface area contributed by atoms with Gasteiger partial charge in [0.2, 0.25) is 0 Å². The highest BCUT2D eigenvalue weighted by Crippen LogP contribution is 2.27. The minimum atomic E-state index is 0.897. The third-order valence-electron chi connectivity index (χ3n) is 4.80. The first-order valence-corrected chi connectivity index (χ1v) is 9.69. The van der Waals surface area contributed by atoms with Crippen LogP contribution >= 0.6 is 0 Å². The number of aromatic nitrogens is 2. The van der Waals surface area contributed by atoms with Crippen LogP contribution < -0.4 is 5.32 Å². The smallest absolute Gasteiger partial charge is 0.143 e. The molecule has 0 saturated heterocycles. The van der Waals surface area contributed by atoms with Crippen molar-refractivity contribution in [1.82, 2.24) is 9.78 Å². The number of hydrogen-bond donors (Lipinski definition) is 1. The van der Waals surface area contributed by atoms with Crippen molar-refractivity contribution in [2.45, 2.75) is 20.8 Å². The summed E-state index contributed by atoms with van der Waals surface area (Å²) in [5, 5.41) is 8.33. The lowest BCUT2D eigenvalue weighted by molar-refractivity contribution is 0.869. The van der Waals surface area contributed by atoms with Crippen LogP contribution in [0.5, 0.6) is 0 Å². The Kier molecular flexibility index (Phi) is 5.25. The monoisotopic (exact) mass is 380 g/mol. The summed E-state index contributed by atoms with van der Waals surface area (Å²) in [6, 6.07) is 26.7. The average Bonchev–Trinajstić information content (AvgIpc) is 3.05. The fraction of sp³-hybridized carbons (Fsp3) is 0.120. The highest BCUT2D eigenvalue weighted by atomic mass is 15.3. The second-order valence-corrected chi connectivity index (χ2v) is 7.18. The van der Waals surface area contributed by atoms with Gasteiger partial charge in [0.05, 0.1) is 22.6 Å². The average molecular weight is 380 g/mol. The third kappa shape index (κ3) is 4.27. The van der Waals surface area contributed by atoms with E-state index in [1.165, 1.54) is 11.1 Å². The van der Waals surface area contributed by atoms with Crippen LogP contribution in [0.4, 0.5) is 17.2 Å². The SMILES string of the molecule is Cc1ccc(N=Cc2c(C)nn(-c3ccccc3)c2Nc2ccc(C)cc2)cc1. The highest BCUT2D eigenvalue weighted by Gasteiger charge is 2.15. The first-order chi connectivity index (χ1) is 14.1. The van der Waals surface area contributed by atoms with Gasteiger partial charge in [0.15, 0.2) is 0 Å². The maximum atomic E-state index is 4.78. The van der Waals surface area contributed by atoms with Crippen molar-refractivity contribution < 1.29 is 0 Å². The van der Waals surface area contributed by atoms with Gasteiger partial charge in [-0.3, -0.25) is 4.99 Å². The molecular weight excluding hydrogens is 356 g/mol. The largest absolute Gasteiger partial charge is 0.340 e. The zero-order valence-corrected chi connectivity index (χ0v) is 16.9. The van der Waals surface area contributed by atoms with E-state index in [1.54, 1.807) is 0 Å². The summed E-state index contributed by atoms with van der Waals surface area (Å²) < 4.78 is 1.94. The molecule has 4 rings (SSSR count). The van der Waals surface area contributed by atoms with Crippen LogP contribution in [0.15, 0.2) is 83.9 Å². The second-order valence-electron chi connectivity index (χ2n) is 7.18. The Morgan fingerprint density at radius 1 is 0.793 bits per heavy atom. The molecule has 0 aliphatic heterocycles. The molecule has 0 fully saturated rings. The maximum Gasteiger partial charge on any atom is 0.143 e. The van der Waals surface area contributed by atoms with E-state index in [9.17, 15) is 0 Å². The first-order valence-electron chi connectivity index (χ1n) is 9.69. The van der Waals surface area contributed by atoms with Crippen LogP contribution in [0.1, 0.15) is 22.4 Å². The second kappa shape index (κ2) is 8.15. The molecular formula is C25H24N4. The number of aliphatic imine (C=N–C) groups is 1. The molecule has 0 bridgehead atoms. The Bertz CT molecular complexity index is 1120. The predicted octanol–water partition coefficient (Wildman–Crippen LogP) is 6.29. The summed E-state index contributed by atoms with van der Waals surface area (Å²) in [5.41, 5.74) is 7.26. The minimum Gasteiger partial charge on any atom is -0.340 e. The minimum absolute atomic E-state index is 0.897. The van der Waals surface area contributed by atoms with Gasteiger partial charge in [-0.2, -0.15) is 5.10 Å². The van der Waals surface area contributed by atoms with Crippen molar-refractivity contribution in [3.05, 3.63) is 101 Å². The van der Waals surface area contributed by atoms with Gasteiger partial charge in [0.25, 0.3) is 0 Å². The van der Waals surface area contributed by atoms with Crippen LogP contribution in [0.25, 0.3) is 5.69 Å². The standard InChI is InChI=1S/C25H24N4/c1-18-9-13-21(14-10-18)26-17-24-20(3)28-29(23-7-5-4-6-8-23)25(24)27-22-15-11-19(2)12-16-22/h4-17,27H,1-3H3. The van der Waals surface area contributed by atoms with Crippen molar-refractivity contribution in [2.75, 3.05) is 5.32 Å². The van der Waals surface area contributed by atoms with Crippen molar-refractivity contribution >= 4 is 23.4 Å². The molecule has 0 atom stereocenters. The van der Waals surface area contributed by atoms with Crippen LogP contribution in [-0.2, 0) is 0 Å². The highest BCUT2D eigenvalue weighted by molar-refractivity contribution is 5.91. The number of para-hydroxylation sites is 1. The number of benzene rings is 3. The summed E-state index contributed by atoms with van der Waals surface area (Å²) in [6.45, 7) is 6.17. The lowest BCUT2D eigenvalue weighted by Crippen LogP contribution is -2.03. The van der Waals surface area contributed by atoms with E-state index < -0.39 is 0 Å². The summed E-state index contributed by atoms with van der Waals surface area (Å²) in [7, 11) is 0. The first kappa shape index (κ1) is 18.7. The number of aryl methyl sites for hydroxylation is 3. The van der Waals surface area contributed by atoms with Gasteiger partial charge < -0.3 is 5.32 Å². The van der Waals surface area contributed by atoms with Gasteiger partial charge in [0.1, 0.15) is 5.82 Å². The van der Waals surface area contributed by atoms with Crippen LogP contribution in [0, 0.1) is 20.8 Å². The fourth-order valence-electron chi connectivity index (χ4n) is 3.11. The van der Waals surface area contributed by atoms with E-state index in [2.05, 4.69) is 60.6 Å². The lowest BCUT2D eigenvalue weighted by atomic mass is 10.2. The summed E-state index contributed by atoms with van der Waals surface area (Å²) in [5.74, 6) is 0.897. The number of nitrogens with zero attached hydrogens (tertiary/aromatic N) is 3. The topological polar surface area (TPSA) is 42.2 Å². The van der Waals surface area contributed by atoms with Crippen LogP contribution in [0.2, 0.25) is 0 Å². The number of anilines is 2. The molecule has 0 aliphatic carbocycles. The van der Waals surface area contributed by atoms with Crippen molar-refractivity contribution in [1.29, 1.82) is 0 Å². The molecule has 0 radical (unpaired) electrons. The number of rotatable bonds is 5. The summed E-state index contributed by atoms with van der Waals surface area (Å²) in [4.78, 5) is 4.68. The zero-order chi connectivity index (χ0) is 20.2. The molecule has 0 spiro atoms. The van der Waals surface area contributed by atoms with E-state index in [4.69, 9.17) is 5.10 Å². The lowest BCUT2D eigenvalue weighted by Gasteiger charge is -2.11. The Hall–Kier alpha value is -3.66. The molecule has 1 heterocycles. The van der Waals surface area contributed by atoms with E-state index in [-0.39, 0.29) is 0 Å². The molecule has 4 aromatic rings. The van der Waals surface area contributed by atoms with Crippen LogP contribution in [0.3, 0.4) is 0 Å². The molecule has 4 heteroatoms. The molecule has 29 heavy (non-hydrogen) atoms. The quantitative estimate of drug-likeness (QED) is 0.413. The normalized spacial score (nSPS) is 11.1. The van der Waals surface area contributed by atoms with Gasteiger partial charge in [-0.05, 0) is 57.2 Å². The molecule has 3 aromatic carbocycles. The van der Waals surface area contributed by atoms with E-state index in [1.807, 2.05) is 60.3 Å². The van der Waals surface area contributed by atoms with Crippen molar-refractivity contribution in [2.24, 2.45) is 4.99 Å². The Morgan fingerprint density at radius 3 is 2.07 bits per heavy atom. The van der Waals surface area contributed by atoms with E-state index in [0.29, 0.717) is 0 Å². The zero-order valence-electron chi connectivity index (χ0n) is 16.9. The molecule has 1 aromatic heterocycles. The van der Waals surface area contributed by atoms with Gasteiger partial charge >= 0.3 is 0 Å². The Labute approximate surface area is 171 Å². The fourth-order valence-corrected chi connectivity index (χ4v) is 3.11. The molecule has 0 unspecified atom stereocenters. The maximum absolute atomic E-state index is 4.78. The molecule has 0 saturated carbocycles. The molecule has 0 aliphatic rings. The van der Waals surface area contributed by atoms with Gasteiger partial charge in [0, 0.05) is 11.9 Å². The van der Waals surface area contributed by atoms with Gasteiger partial charge in [-0.1, -0.05) is 53.6 Å². The number of nitrogens with one attached hydrogen (secondary N) is 1. The van der Waals surface area contributed by atoms with Gasteiger partial charge in [-0.25, -0.2) is 4.68 Å². The molecule has 1 N–H and O–H groups in total. The Morgan fingerprint density at radius 2 is 1.41 bits per heavy atom. The Balaban J connectivity index is 1.77. The summed E-state index contributed by atoms with van der Waals surface area (Å²) in [6.07, 6.45) is 1.89. The number of hydrogen-bond acceptors (Lipinski definition) is 3.